The zero-order chi connectivity index (χ0) is 11.1. The Labute approximate surface area is 94.3 Å². The van der Waals surface area contributed by atoms with Gasteiger partial charge in [0.05, 0.1) is 10.6 Å². The predicted octanol–water partition coefficient (Wildman–Crippen LogP) is 2.32. The summed E-state index contributed by atoms with van der Waals surface area (Å²) in [5, 5.41) is 11.1. The van der Waals surface area contributed by atoms with Gasteiger partial charge in [0.15, 0.2) is 0 Å². The Kier molecular flexibility index (Phi) is 2.61. The summed E-state index contributed by atoms with van der Waals surface area (Å²) in [7, 11) is 0. The van der Waals surface area contributed by atoms with Gasteiger partial charge in [-0.05, 0) is 31.2 Å². The molecule has 1 aromatic rings. The first-order valence-corrected chi connectivity index (χ1v) is 5.55. The molecule has 3 N–H and O–H groups in total. The highest BCUT2D eigenvalue weighted by atomic mass is 35.5. The molecule has 1 aromatic heterocycles. The van der Waals surface area contributed by atoms with Gasteiger partial charge in [0.1, 0.15) is 5.82 Å². The van der Waals surface area contributed by atoms with Gasteiger partial charge >= 0.3 is 0 Å². The molecule has 2 unspecified atom stereocenters. The fraction of sp³-hybridized carbons (Fsp3) is 0.545. The van der Waals surface area contributed by atoms with E-state index < -0.39 is 5.60 Å². The Morgan fingerprint density at radius 1 is 1.67 bits per heavy atom. The van der Waals surface area contributed by atoms with Crippen LogP contribution in [0.5, 0.6) is 0 Å². The summed E-state index contributed by atoms with van der Waals surface area (Å²) in [4.78, 5) is 3.99. The molecule has 1 aliphatic carbocycles. The third kappa shape index (κ3) is 1.70. The Bertz CT molecular complexity index is 383. The van der Waals surface area contributed by atoms with E-state index in [-0.39, 0.29) is 5.92 Å². The molecular formula is C11H15ClN2O. The van der Waals surface area contributed by atoms with Crippen molar-refractivity contribution in [3.05, 3.63) is 22.8 Å². The highest BCUT2D eigenvalue weighted by molar-refractivity contribution is 6.30. The molecule has 0 spiro atoms. The number of halogens is 1. The molecule has 2 rings (SSSR count). The Hall–Kier alpha value is -0.800. The van der Waals surface area contributed by atoms with Gasteiger partial charge in [-0.1, -0.05) is 18.5 Å². The van der Waals surface area contributed by atoms with Crippen molar-refractivity contribution >= 4 is 17.4 Å². The average molecular weight is 227 g/mol. The van der Waals surface area contributed by atoms with Crippen molar-refractivity contribution in [2.24, 2.45) is 5.92 Å². The van der Waals surface area contributed by atoms with Crippen molar-refractivity contribution in [1.29, 1.82) is 0 Å². The summed E-state index contributed by atoms with van der Waals surface area (Å²) in [6.45, 7) is 2.04. The second-order valence-electron chi connectivity index (χ2n) is 4.30. The molecule has 0 amide bonds. The first-order valence-electron chi connectivity index (χ1n) is 5.18. The molecule has 3 nitrogen and oxygen atoms in total. The number of hydrogen-bond acceptors (Lipinski definition) is 3. The van der Waals surface area contributed by atoms with E-state index in [1.54, 1.807) is 6.07 Å². The van der Waals surface area contributed by atoms with Crippen LogP contribution in [0.3, 0.4) is 0 Å². The van der Waals surface area contributed by atoms with Gasteiger partial charge in [-0.25, -0.2) is 4.98 Å². The maximum Gasteiger partial charge on any atom is 0.129 e. The summed E-state index contributed by atoms with van der Waals surface area (Å²) in [6.07, 6.45) is 4.27. The van der Waals surface area contributed by atoms with Gasteiger partial charge in [0, 0.05) is 11.8 Å². The van der Waals surface area contributed by atoms with Crippen LogP contribution >= 0.6 is 11.6 Å². The van der Waals surface area contributed by atoms with Crippen molar-refractivity contribution in [3.63, 3.8) is 0 Å². The molecule has 82 valence electrons. The van der Waals surface area contributed by atoms with E-state index in [1.165, 1.54) is 6.20 Å². The maximum atomic E-state index is 10.6. The van der Waals surface area contributed by atoms with Crippen molar-refractivity contribution in [2.45, 2.75) is 31.8 Å². The van der Waals surface area contributed by atoms with E-state index in [4.69, 9.17) is 17.3 Å². The first-order chi connectivity index (χ1) is 7.04. The summed E-state index contributed by atoms with van der Waals surface area (Å²) in [5.41, 5.74) is 5.62. The maximum absolute atomic E-state index is 10.6. The van der Waals surface area contributed by atoms with Crippen molar-refractivity contribution in [1.82, 2.24) is 4.98 Å². The molecule has 0 radical (unpaired) electrons. The van der Waals surface area contributed by atoms with E-state index in [1.807, 2.05) is 6.92 Å². The Morgan fingerprint density at radius 3 is 3.00 bits per heavy atom. The third-order valence-corrected chi connectivity index (χ3v) is 3.57. The van der Waals surface area contributed by atoms with Gasteiger partial charge in [-0.15, -0.1) is 0 Å². The molecule has 0 aromatic carbocycles. The minimum atomic E-state index is -0.845. The SMILES string of the molecule is CC1CCCC1(O)c1cc(Cl)cnc1N. The van der Waals surface area contributed by atoms with Gasteiger partial charge in [-0.2, -0.15) is 0 Å². The van der Waals surface area contributed by atoms with E-state index in [0.29, 0.717) is 16.4 Å². The molecule has 0 bridgehead atoms. The van der Waals surface area contributed by atoms with Crippen LogP contribution in [0, 0.1) is 5.92 Å². The normalized spacial score (nSPS) is 30.7. The van der Waals surface area contributed by atoms with Crippen LogP contribution in [-0.4, -0.2) is 10.1 Å². The second kappa shape index (κ2) is 3.65. The van der Waals surface area contributed by atoms with E-state index in [0.717, 1.165) is 19.3 Å². The number of nitrogen functional groups attached to an aromatic ring is 1. The highest BCUT2D eigenvalue weighted by Gasteiger charge is 2.41. The second-order valence-corrected chi connectivity index (χ2v) is 4.74. The lowest BCUT2D eigenvalue weighted by molar-refractivity contribution is 0.00498. The number of hydrogen-bond donors (Lipinski definition) is 2. The van der Waals surface area contributed by atoms with E-state index in [2.05, 4.69) is 4.98 Å². The summed E-state index contributed by atoms with van der Waals surface area (Å²) >= 11 is 5.88. The molecule has 0 saturated heterocycles. The van der Waals surface area contributed by atoms with Gasteiger partial charge in [-0.3, -0.25) is 0 Å². The molecular weight excluding hydrogens is 212 g/mol. The smallest absolute Gasteiger partial charge is 0.129 e. The zero-order valence-electron chi connectivity index (χ0n) is 8.70. The van der Waals surface area contributed by atoms with Crippen LogP contribution in [-0.2, 0) is 5.60 Å². The monoisotopic (exact) mass is 226 g/mol. The van der Waals surface area contributed by atoms with Gasteiger partial charge in [0.2, 0.25) is 0 Å². The predicted molar refractivity (Wildman–Crippen MR) is 60.6 cm³/mol. The average Bonchev–Trinajstić information content (AvgIpc) is 2.52. The van der Waals surface area contributed by atoms with Crippen LogP contribution in [0.1, 0.15) is 31.7 Å². The quantitative estimate of drug-likeness (QED) is 0.773. The lowest BCUT2D eigenvalue weighted by Gasteiger charge is -2.29. The Balaban J connectivity index is 2.48. The van der Waals surface area contributed by atoms with Crippen LogP contribution in [0.2, 0.25) is 5.02 Å². The number of nitrogens with zero attached hydrogens (tertiary/aromatic N) is 1. The van der Waals surface area contributed by atoms with Crippen molar-refractivity contribution < 1.29 is 5.11 Å². The molecule has 1 heterocycles. The number of nitrogens with two attached hydrogens (primary N) is 1. The molecule has 1 aliphatic rings. The fourth-order valence-electron chi connectivity index (χ4n) is 2.36. The standard InChI is InChI=1S/C11H15ClN2O/c1-7-3-2-4-11(7,15)9-5-8(12)6-14-10(9)13/h5-7,15H,2-4H2,1H3,(H2,13,14). The van der Waals surface area contributed by atoms with Crippen molar-refractivity contribution in [2.75, 3.05) is 5.73 Å². The lowest BCUT2D eigenvalue weighted by atomic mass is 9.85. The summed E-state index contributed by atoms with van der Waals surface area (Å²) in [5.74, 6) is 0.593. The van der Waals surface area contributed by atoms with E-state index in [9.17, 15) is 5.11 Å². The highest BCUT2D eigenvalue weighted by Crippen LogP contribution is 2.45. The molecule has 1 saturated carbocycles. The van der Waals surface area contributed by atoms with Crippen LogP contribution in [0.15, 0.2) is 12.3 Å². The van der Waals surface area contributed by atoms with Gasteiger partial charge in [0.25, 0.3) is 0 Å². The first kappa shape index (κ1) is 10.7. The molecule has 2 atom stereocenters. The van der Waals surface area contributed by atoms with Crippen LogP contribution in [0.25, 0.3) is 0 Å². The topological polar surface area (TPSA) is 59.1 Å². The largest absolute Gasteiger partial charge is 0.385 e. The summed E-state index contributed by atoms with van der Waals surface area (Å²) in [6, 6.07) is 1.73. The van der Waals surface area contributed by atoms with Gasteiger partial charge < -0.3 is 10.8 Å². The van der Waals surface area contributed by atoms with Crippen molar-refractivity contribution in [3.8, 4) is 0 Å². The third-order valence-electron chi connectivity index (χ3n) is 3.36. The zero-order valence-corrected chi connectivity index (χ0v) is 9.46. The molecule has 0 aliphatic heterocycles. The minimum absolute atomic E-state index is 0.208. The molecule has 1 fully saturated rings. The molecule has 15 heavy (non-hydrogen) atoms. The number of aliphatic hydroxyl groups is 1. The van der Waals surface area contributed by atoms with Crippen LogP contribution < -0.4 is 5.73 Å². The molecule has 4 heteroatoms. The Morgan fingerprint density at radius 2 is 2.40 bits per heavy atom. The summed E-state index contributed by atoms with van der Waals surface area (Å²) < 4.78 is 0. The lowest BCUT2D eigenvalue weighted by Crippen LogP contribution is -2.29. The number of rotatable bonds is 1. The minimum Gasteiger partial charge on any atom is -0.385 e. The number of pyridine rings is 1. The van der Waals surface area contributed by atoms with E-state index >= 15 is 0 Å². The van der Waals surface area contributed by atoms with Crippen LogP contribution in [0.4, 0.5) is 5.82 Å². The number of anilines is 1. The number of aromatic nitrogens is 1. The fourth-order valence-corrected chi connectivity index (χ4v) is 2.52.